The van der Waals surface area contributed by atoms with Gasteiger partial charge in [-0.05, 0) is 37.3 Å². The van der Waals surface area contributed by atoms with Gasteiger partial charge in [-0.25, -0.2) is 8.42 Å². The third-order valence-electron chi connectivity index (χ3n) is 3.77. The van der Waals surface area contributed by atoms with Crippen LogP contribution in [0, 0.1) is 0 Å². The van der Waals surface area contributed by atoms with Gasteiger partial charge in [-0.2, -0.15) is 17.5 Å². The molecule has 0 saturated heterocycles. The number of sulfonamides is 1. The van der Waals surface area contributed by atoms with Crippen molar-refractivity contribution in [1.29, 1.82) is 0 Å². The smallest absolute Gasteiger partial charge is 0.418 e. The van der Waals surface area contributed by atoms with Crippen molar-refractivity contribution < 1.29 is 31.1 Å². The molecule has 0 aromatic heterocycles. The molecule has 2 aromatic carbocycles. The Hall–Kier alpha value is -2.30. The zero-order valence-corrected chi connectivity index (χ0v) is 17.0. The van der Waals surface area contributed by atoms with E-state index in [9.17, 15) is 26.4 Å². The fraction of sp³-hybridized carbons (Fsp3) is 0.278. The van der Waals surface area contributed by atoms with Gasteiger partial charge in [-0.1, -0.05) is 23.7 Å². The van der Waals surface area contributed by atoms with E-state index in [0.29, 0.717) is 4.31 Å². The summed E-state index contributed by atoms with van der Waals surface area (Å²) in [6.07, 6.45) is -4.67. The summed E-state index contributed by atoms with van der Waals surface area (Å²) in [6, 6.07) is 8.42. The highest BCUT2D eigenvalue weighted by Crippen LogP contribution is 2.34. The van der Waals surface area contributed by atoms with Gasteiger partial charge in [-0.3, -0.25) is 4.79 Å². The van der Waals surface area contributed by atoms with Crippen molar-refractivity contribution in [3.8, 4) is 5.75 Å². The maximum Gasteiger partial charge on any atom is 0.418 e. The number of alkyl halides is 3. The first-order valence-electron chi connectivity index (χ1n) is 8.31. The predicted octanol–water partition coefficient (Wildman–Crippen LogP) is 4.02. The number of hydrogen-bond donors (Lipinski definition) is 1. The average molecular weight is 451 g/mol. The molecule has 11 heteroatoms. The normalized spacial score (nSPS) is 12.1. The molecule has 0 fully saturated rings. The minimum atomic E-state index is -4.67. The van der Waals surface area contributed by atoms with Crippen molar-refractivity contribution in [2.45, 2.75) is 18.0 Å². The lowest BCUT2D eigenvalue weighted by Crippen LogP contribution is -2.35. The van der Waals surface area contributed by atoms with Crippen molar-refractivity contribution in [1.82, 2.24) is 4.31 Å². The van der Waals surface area contributed by atoms with Gasteiger partial charge >= 0.3 is 6.18 Å². The highest BCUT2D eigenvalue weighted by molar-refractivity contribution is 7.89. The van der Waals surface area contributed by atoms with Crippen LogP contribution in [0.1, 0.15) is 12.5 Å². The number of likely N-dealkylation sites (N-methyl/N-ethyl adjacent to an activating group) is 1. The minimum absolute atomic E-state index is 0.0478. The van der Waals surface area contributed by atoms with E-state index in [-0.39, 0.29) is 22.3 Å². The predicted molar refractivity (Wildman–Crippen MR) is 103 cm³/mol. The van der Waals surface area contributed by atoms with Crippen molar-refractivity contribution in [2.24, 2.45) is 0 Å². The van der Waals surface area contributed by atoms with Crippen LogP contribution in [0.15, 0.2) is 47.4 Å². The van der Waals surface area contributed by atoms with Gasteiger partial charge in [0.2, 0.25) is 15.9 Å². The zero-order valence-electron chi connectivity index (χ0n) is 15.5. The Labute approximate surface area is 171 Å². The number of anilines is 1. The Kier molecular flexibility index (Phi) is 7.15. The fourth-order valence-corrected chi connectivity index (χ4v) is 3.96. The minimum Gasteiger partial charge on any atom is -0.492 e. The number of amides is 1. The molecule has 0 radical (unpaired) electrons. The topological polar surface area (TPSA) is 75.7 Å². The molecular weight excluding hydrogens is 433 g/mol. The standard InChI is InChI=1S/C18H18ClF3N2O4S/c1-3-28-15-9-8-12(19)10-16(15)29(26,27)24(2)11-17(25)23-14-7-5-4-6-13(14)18(20,21)22/h4-10H,3,11H2,1-2H3,(H,23,25). The summed E-state index contributed by atoms with van der Waals surface area (Å²) < 4.78 is 70.8. The van der Waals surface area contributed by atoms with E-state index in [0.717, 1.165) is 19.2 Å². The van der Waals surface area contributed by atoms with E-state index >= 15 is 0 Å². The van der Waals surface area contributed by atoms with E-state index in [1.807, 2.05) is 0 Å². The molecule has 0 unspecified atom stereocenters. The van der Waals surface area contributed by atoms with Crippen LogP contribution < -0.4 is 10.1 Å². The second-order valence-corrected chi connectivity index (χ2v) is 8.33. The van der Waals surface area contributed by atoms with E-state index < -0.39 is 39.9 Å². The van der Waals surface area contributed by atoms with Crippen molar-refractivity contribution in [3.05, 3.63) is 53.1 Å². The Bertz CT molecular complexity index is 997. The molecule has 29 heavy (non-hydrogen) atoms. The third kappa shape index (κ3) is 5.62. The monoisotopic (exact) mass is 450 g/mol. The maximum atomic E-state index is 13.0. The lowest BCUT2D eigenvalue weighted by Gasteiger charge is -2.20. The molecule has 1 amide bonds. The summed E-state index contributed by atoms with van der Waals surface area (Å²) in [5.41, 5.74) is -1.50. The molecule has 0 aliphatic heterocycles. The Morgan fingerprint density at radius 2 is 1.86 bits per heavy atom. The van der Waals surface area contributed by atoms with E-state index in [1.165, 1.54) is 30.3 Å². The van der Waals surface area contributed by atoms with Crippen LogP contribution >= 0.6 is 11.6 Å². The highest BCUT2D eigenvalue weighted by atomic mass is 35.5. The molecule has 0 bridgehead atoms. The summed E-state index contributed by atoms with van der Waals surface area (Å²) in [7, 11) is -3.07. The molecule has 1 N–H and O–H groups in total. The second-order valence-electron chi connectivity index (χ2n) is 5.88. The maximum absolute atomic E-state index is 13.0. The van der Waals surface area contributed by atoms with Gasteiger partial charge in [0, 0.05) is 12.1 Å². The number of nitrogens with zero attached hydrogens (tertiary/aromatic N) is 1. The van der Waals surface area contributed by atoms with Crippen LogP contribution in [0.3, 0.4) is 0 Å². The summed E-state index contributed by atoms with van der Waals surface area (Å²) in [5, 5.41) is 2.24. The van der Waals surface area contributed by atoms with Crippen LogP contribution in [-0.2, 0) is 21.0 Å². The number of rotatable bonds is 7. The number of hydrogen-bond acceptors (Lipinski definition) is 4. The van der Waals surface area contributed by atoms with Crippen molar-refractivity contribution in [2.75, 3.05) is 25.5 Å². The molecular formula is C18H18ClF3N2O4S. The number of ether oxygens (including phenoxy) is 1. The lowest BCUT2D eigenvalue weighted by molar-refractivity contribution is -0.137. The molecule has 2 aromatic rings. The first kappa shape index (κ1) is 23.0. The van der Waals surface area contributed by atoms with Crippen LogP contribution in [-0.4, -0.2) is 38.8 Å². The Morgan fingerprint density at radius 1 is 1.21 bits per heavy atom. The first-order chi connectivity index (χ1) is 13.5. The molecule has 0 aliphatic carbocycles. The van der Waals surface area contributed by atoms with Gasteiger partial charge in [-0.15, -0.1) is 0 Å². The number of carbonyl (C=O) groups is 1. The Balaban J connectivity index is 2.23. The quantitative estimate of drug-likeness (QED) is 0.691. The zero-order chi connectivity index (χ0) is 21.8. The third-order valence-corrected chi connectivity index (χ3v) is 5.83. The number of halogens is 4. The van der Waals surface area contributed by atoms with Crippen LogP contribution in [0.25, 0.3) is 0 Å². The number of carbonyl (C=O) groups excluding carboxylic acids is 1. The van der Waals surface area contributed by atoms with Gasteiger partial charge in [0.1, 0.15) is 10.6 Å². The first-order valence-corrected chi connectivity index (χ1v) is 10.1. The SMILES string of the molecule is CCOc1ccc(Cl)cc1S(=O)(=O)N(C)CC(=O)Nc1ccccc1C(F)(F)F. The summed E-state index contributed by atoms with van der Waals surface area (Å²) >= 11 is 5.88. The van der Waals surface area contributed by atoms with Gasteiger partial charge in [0.15, 0.2) is 0 Å². The summed E-state index contributed by atoms with van der Waals surface area (Å²) in [4.78, 5) is 12.0. The molecule has 158 valence electrons. The van der Waals surface area contributed by atoms with Gasteiger partial charge in [0.25, 0.3) is 0 Å². The highest BCUT2D eigenvalue weighted by Gasteiger charge is 2.34. The molecule has 0 saturated carbocycles. The van der Waals surface area contributed by atoms with Gasteiger partial charge in [0.05, 0.1) is 24.4 Å². The molecule has 6 nitrogen and oxygen atoms in total. The fourth-order valence-electron chi connectivity index (χ4n) is 2.44. The van der Waals surface area contributed by atoms with Crippen molar-refractivity contribution >= 4 is 33.2 Å². The van der Waals surface area contributed by atoms with Crippen LogP contribution in [0.2, 0.25) is 5.02 Å². The molecule has 0 atom stereocenters. The number of nitrogens with one attached hydrogen (secondary N) is 1. The van der Waals surface area contributed by atoms with E-state index in [4.69, 9.17) is 16.3 Å². The average Bonchev–Trinajstić information content (AvgIpc) is 2.62. The van der Waals surface area contributed by atoms with E-state index in [2.05, 4.69) is 5.32 Å². The molecule has 0 heterocycles. The molecule has 0 spiro atoms. The van der Waals surface area contributed by atoms with Gasteiger partial charge < -0.3 is 10.1 Å². The van der Waals surface area contributed by atoms with E-state index in [1.54, 1.807) is 6.92 Å². The molecule has 0 aliphatic rings. The van der Waals surface area contributed by atoms with Crippen LogP contribution in [0.5, 0.6) is 5.75 Å². The Morgan fingerprint density at radius 3 is 2.48 bits per heavy atom. The second kappa shape index (κ2) is 9.02. The largest absolute Gasteiger partial charge is 0.492 e. The summed E-state index contributed by atoms with van der Waals surface area (Å²) in [5.74, 6) is -0.890. The summed E-state index contributed by atoms with van der Waals surface area (Å²) in [6.45, 7) is 1.15. The van der Waals surface area contributed by atoms with Crippen LogP contribution in [0.4, 0.5) is 18.9 Å². The molecule has 2 rings (SSSR count). The number of benzene rings is 2. The van der Waals surface area contributed by atoms with Crippen molar-refractivity contribution in [3.63, 3.8) is 0 Å². The lowest BCUT2D eigenvalue weighted by atomic mass is 10.1. The number of para-hydroxylation sites is 1.